The summed E-state index contributed by atoms with van der Waals surface area (Å²) in [6.07, 6.45) is -4.56. The van der Waals surface area contributed by atoms with Gasteiger partial charge in [-0.2, -0.15) is 13.2 Å². The van der Waals surface area contributed by atoms with Crippen molar-refractivity contribution >= 4 is 27.5 Å². The molecule has 0 bridgehead atoms. The first kappa shape index (κ1) is 13.9. The Bertz CT molecular complexity index is 466. The standard InChI is InChI=1S/C9H11ClF3NO3S/c10-8(1-2-8)18(16,17)14-7(15)5-3-6(4-5)9(11,12)13/h5-6H,1-4H2,(H,14,15). The molecule has 2 rings (SSSR count). The summed E-state index contributed by atoms with van der Waals surface area (Å²) in [5, 5.41) is 0. The van der Waals surface area contributed by atoms with Crippen molar-refractivity contribution in [2.75, 3.05) is 0 Å². The van der Waals surface area contributed by atoms with E-state index in [2.05, 4.69) is 0 Å². The van der Waals surface area contributed by atoms with Crippen LogP contribution in [0.4, 0.5) is 13.2 Å². The molecule has 4 nitrogen and oxygen atoms in total. The van der Waals surface area contributed by atoms with Crippen LogP contribution in [0.25, 0.3) is 0 Å². The van der Waals surface area contributed by atoms with Crippen LogP contribution in [0, 0.1) is 11.8 Å². The highest BCUT2D eigenvalue weighted by molar-refractivity contribution is 7.93. The summed E-state index contributed by atoms with van der Waals surface area (Å²) >= 11 is 5.66. The van der Waals surface area contributed by atoms with Crippen molar-refractivity contribution in [1.29, 1.82) is 0 Å². The van der Waals surface area contributed by atoms with E-state index in [4.69, 9.17) is 11.6 Å². The monoisotopic (exact) mass is 305 g/mol. The molecule has 2 saturated carbocycles. The Morgan fingerprint density at radius 2 is 1.78 bits per heavy atom. The normalized spacial score (nSPS) is 30.4. The third kappa shape index (κ3) is 2.45. The van der Waals surface area contributed by atoms with Gasteiger partial charge in [-0.15, -0.1) is 0 Å². The van der Waals surface area contributed by atoms with Gasteiger partial charge in [0.25, 0.3) is 10.0 Å². The average molecular weight is 306 g/mol. The van der Waals surface area contributed by atoms with E-state index in [0.717, 1.165) is 0 Å². The van der Waals surface area contributed by atoms with E-state index in [0.29, 0.717) is 0 Å². The van der Waals surface area contributed by atoms with Gasteiger partial charge in [-0.3, -0.25) is 9.52 Å². The first-order chi connectivity index (χ1) is 8.05. The molecule has 0 aromatic carbocycles. The summed E-state index contributed by atoms with van der Waals surface area (Å²) in [5.74, 6) is -3.30. The molecule has 2 aliphatic rings. The Morgan fingerprint density at radius 1 is 1.28 bits per heavy atom. The molecular weight excluding hydrogens is 295 g/mol. The van der Waals surface area contributed by atoms with Gasteiger partial charge < -0.3 is 0 Å². The summed E-state index contributed by atoms with van der Waals surface area (Å²) in [5.41, 5.74) is 0. The van der Waals surface area contributed by atoms with Crippen molar-refractivity contribution in [3.05, 3.63) is 0 Å². The van der Waals surface area contributed by atoms with Crippen molar-refractivity contribution < 1.29 is 26.4 Å². The lowest BCUT2D eigenvalue weighted by Gasteiger charge is -2.35. The second-order valence-electron chi connectivity index (χ2n) is 4.76. The number of carbonyl (C=O) groups excluding carboxylic acids is 1. The van der Waals surface area contributed by atoms with E-state index in [9.17, 15) is 26.4 Å². The van der Waals surface area contributed by atoms with Crippen molar-refractivity contribution in [2.45, 2.75) is 36.1 Å². The Kier molecular flexibility index (Phi) is 3.09. The topological polar surface area (TPSA) is 63.2 Å². The van der Waals surface area contributed by atoms with Crippen LogP contribution < -0.4 is 4.72 Å². The fourth-order valence-electron chi connectivity index (χ4n) is 1.77. The molecule has 104 valence electrons. The number of hydrogen-bond donors (Lipinski definition) is 1. The number of halogens is 4. The average Bonchev–Trinajstić information content (AvgIpc) is 2.77. The number of carbonyl (C=O) groups is 1. The molecule has 0 heterocycles. The summed E-state index contributed by atoms with van der Waals surface area (Å²) in [7, 11) is -3.98. The van der Waals surface area contributed by atoms with Crippen molar-refractivity contribution in [2.24, 2.45) is 11.8 Å². The second-order valence-corrected chi connectivity index (χ2v) is 7.70. The molecule has 0 aromatic heterocycles. The SMILES string of the molecule is O=C(NS(=O)(=O)C1(Cl)CC1)C1CC(C(F)(F)F)C1. The van der Waals surface area contributed by atoms with Crippen LogP contribution in [-0.4, -0.2) is 24.7 Å². The lowest BCUT2D eigenvalue weighted by Crippen LogP contribution is -2.47. The number of amides is 1. The van der Waals surface area contributed by atoms with E-state index < -0.39 is 38.1 Å². The highest BCUT2D eigenvalue weighted by Gasteiger charge is 2.55. The van der Waals surface area contributed by atoms with Gasteiger partial charge in [0.05, 0.1) is 5.92 Å². The molecular formula is C9H11ClF3NO3S. The molecule has 18 heavy (non-hydrogen) atoms. The van der Waals surface area contributed by atoms with Crippen LogP contribution in [0.5, 0.6) is 0 Å². The maximum Gasteiger partial charge on any atom is 0.391 e. The zero-order valence-electron chi connectivity index (χ0n) is 9.13. The van der Waals surface area contributed by atoms with Gasteiger partial charge in [0.1, 0.15) is 0 Å². The minimum atomic E-state index is -4.32. The van der Waals surface area contributed by atoms with Crippen LogP contribution in [0.15, 0.2) is 0 Å². The zero-order chi connectivity index (χ0) is 13.8. The van der Waals surface area contributed by atoms with E-state index in [1.165, 1.54) is 0 Å². The fraction of sp³-hybridized carbons (Fsp3) is 0.889. The highest BCUT2D eigenvalue weighted by atomic mass is 35.5. The maximum absolute atomic E-state index is 12.2. The third-order valence-electron chi connectivity index (χ3n) is 3.33. The van der Waals surface area contributed by atoms with Crippen LogP contribution in [0.2, 0.25) is 0 Å². The minimum absolute atomic E-state index is 0.243. The molecule has 0 aliphatic heterocycles. The molecule has 2 aliphatic carbocycles. The molecule has 0 unspecified atom stereocenters. The van der Waals surface area contributed by atoms with Gasteiger partial charge in [-0.1, -0.05) is 11.6 Å². The zero-order valence-corrected chi connectivity index (χ0v) is 10.7. The lowest BCUT2D eigenvalue weighted by molar-refractivity contribution is -0.204. The van der Waals surface area contributed by atoms with Gasteiger partial charge >= 0.3 is 6.18 Å². The number of rotatable bonds is 3. The van der Waals surface area contributed by atoms with E-state index in [1.807, 2.05) is 0 Å². The number of sulfonamides is 1. The van der Waals surface area contributed by atoms with E-state index in [-0.39, 0.29) is 25.7 Å². The Morgan fingerprint density at radius 3 is 2.17 bits per heavy atom. The lowest BCUT2D eigenvalue weighted by atomic mass is 9.74. The van der Waals surface area contributed by atoms with Crippen LogP contribution >= 0.6 is 11.6 Å². The maximum atomic E-state index is 12.2. The highest BCUT2D eigenvalue weighted by Crippen LogP contribution is 2.48. The Hall–Kier alpha value is -0.500. The largest absolute Gasteiger partial charge is 0.391 e. The number of hydrogen-bond acceptors (Lipinski definition) is 3. The second kappa shape index (κ2) is 4.00. The molecule has 0 saturated heterocycles. The van der Waals surface area contributed by atoms with Crippen molar-refractivity contribution in [3.63, 3.8) is 0 Å². The molecule has 9 heteroatoms. The van der Waals surface area contributed by atoms with Crippen molar-refractivity contribution in [3.8, 4) is 0 Å². The van der Waals surface area contributed by atoms with E-state index in [1.54, 1.807) is 4.72 Å². The molecule has 0 radical (unpaired) electrons. The Balaban J connectivity index is 1.88. The first-order valence-corrected chi connectivity index (χ1v) is 7.23. The number of alkyl halides is 4. The smallest absolute Gasteiger partial charge is 0.274 e. The van der Waals surface area contributed by atoms with Crippen LogP contribution in [0.3, 0.4) is 0 Å². The number of nitrogens with one attached hydrogen (secondary N) is 1. The van der Waals surface area contributed by atoms with Gasteiger partial charge in [0, 0.05) is 5.92 Å². The Labute approximate surface area is 107 Å². The molecule has 1 N–H and O–H groups in total. The van der Waals surface area contributed by atoms with Crippen LogP contribution in [0.1, 0.15) is 25.7 Å². The van der Waals surface area contributed by atoms with Gasteiger partial charge in [0.2, 0.25) is 5.91 Å². The molecule has 0 aromatic rings. The van der Waals surface area contributed by atoms with Crippen LogP contribution in [-0.2, 0) is 14.8 Å². The minimum Gasteiger partial charge on any atom is -0.274 e. The summed E-state index contributed by atoms with van der Waals surface area (Å²) in [6.45, 7) is 0. The molecule has 1 amide bonds. The van der Waals surface area contributed by atoms with E-state index >= 15 is 0 Å². The van der Waals surface area contributed by atoms with Gasteiger partial charge in [-0.05, 0) is 25.7 Å². The quantitative estimate of drug-likeness (QED) is 0.808. The molecule has 0 atom stereocenters. The summed E-state index contributed by atoms with van der Waals surface area (Å²) < 4.78 is 60.1. The predicted molar refractivity (Wildman–Crippen MR) is 57.1 cm³/mol. The predicted octanol–water partition coefficient (Wildman–Crippen LogP) is 1.75. The molecule has 0 spiro atoms. The summed E-state index contributed by atoms with van der Waals surface area (Å²) in [4.78, 5) is 11.5. The fourth-order valence-corrected chi connectivity index (χ4v) is 3.24. The van der Waals surface area contributed by atoms with Crippen molar-refractivity contribution in [1.82, 2.24) is 4.72 Å². The van der Waals surface area contributed by atoms with Gasteiger partial charge in [-0.25, -0.2) is 8.42 Å². The third-order valence-corrected chi connectivity index (χ3v) is 6.16. The molecule has 2 fully saturated rings. The van der Waals surface area contributed by atoms with Gasteiger partial charge in [0.15, 0.2) is 4.21 Å². The first-order valence-electron chi connectivity index (χ1n) is 5.37. The summed E-state index contributed by atoms with van der Waals surface area (Å²) in [6, 6.07) is 0.